The molecule has 2 aliphatic heterocycles. The first-order valence-electron chi connectivity index (χ1n) is 7.26. The minimum atomic E-state index is -0.343. The predicted molar refractivity (Wildman–Crippen MR) is 76.4 cm³/mol. The second kappa shape index (κ2) is 3.85. The van der Waals surface area contributed by atoms with Gasteiger partial charge in [0, 0.05) is 31.4 Å². The number of nitrogens with zero attached hydrogens (tertiary/aromatic N) is 3. The number of rotatable bonds is 1. The van der Waals surface area contributed by atoms with E-state index in [1.54, 1.807) is 22.8 Å². The fourth-order valence-electron chi connectivity index (χ4n) is 3.34. The van der Waals surface area contributed by atoms with E-state index in [0.29, 0.717) is 19.0 Å². The van der Waals surface area contributed by atoms with Crippen molar-refractivity contribution in [2.45, 2.75) is 12.8 Å². The molecule has 2 fully saturated rings. The number of hydrogen-bond acceptors (Lipinski definition) is 3. The van der Waals surface area contributed by atoms with Crippen LogP contribution in [-0.2, 0) is 4.79 Å². The molecule has 1 N–H and O–H groups in total. The number of nitrogens with one attached hydrogen (secondary N) is 1. The SMILES string of the molecule is [3H]c1ccn2ncc(N3CCC4(CC(=C)NC4=O)C3)c2c1. The highest BCUT2D eigenvalue weighted by Gasteiger charge is 2.49. The highest BCUT2D eigenvalue weighted by atomic mass is 16.2. The van der Waals surface area contributed by atoms with Crippen molar-refractivity contribution in [3.05, 3.63) is 42.8 Å². The largest absolute Gasteiger partial charge is 0.367 e. The molecule has 0 aliphatic carbocycles. The summed E-state index contributed by atoms with van der Waals surface area (Å²) >= 11 is 0. The number of hydrogen-bond donors (Lipinski definition) is 1. The maximum Gasteiger partial charge on any atom is 0.232 e. The van der Waals surface area contributed by atoms with Crippen LogP contribution in [-0.4, -0.2) is 28.6 Å². The molecule has 4 heterocycles. The van der Waals surface area contributed by atoms with Crippen molar-refractivity contribution >= 4 is 17.1 Å². The number of carbonyl (C=O) groups is 1. The van der Waals surface area contributed by atoms with Gasteiger partial charge in [-0.15, -0.1) is 0 Å². The van der Waals surface area contributed by atoms with Gasteiger partial charge in [0.1, 0.15) is 0 Å². The van der Waals surface area contributed by atoms with Crippen molar-refractivity contribution in [1.29, 1.82) is 0 Å². The molecule has 4 rings (SSSR count). The number of anilines is 1. The summed E-state index contributed by atoms with van der Waals surface area (Å²) in [5, 5.41) is 7.18. The molecule has 2 aromatic heterocycles. The lowest BCUT2D eigenvalue weighted by Crippen LogP contribution is -2.34. The number of pyridine rings is 1. The van der Waals surface area contributed by atoms with E-state index in [9.17, 15) is 4.79 Å². The molecule has 20 heavy (non-hydrogen) atoms. The van der Waals surface area contributed by atoms with Crippen molar-refractivity contribution < 1.29 is 6.17 Å². The van der Waals surface area contributed by atoms with Crippen LogP contribution in [0.2, 0.25) is 0 Å². The molecule has 1 spiro atoms. The average molecular weight is 270 g/mol. The third kappa shape index (κ3) is 1.49. The standard InChI is InChI=1S/C15H16N4O/c1-11-8-15(14(20)17-11)5-7-18(10-15)13-9-16-19-6-3-2-4-12(13)19/h2-4,6,9H,1,5,7-8,10H2,(H,17,20)/i2T. The van der Waals surface area contributed by atoms with Crippen LogP contribution >= 0.6 is 0 Å². The van der Waals surface area contributed by atoms with E-state index in [2.05, 4.69) is 21.9 Å². The first-order chi connectivity index (χ1) is 10.1. The lowest BCUT2D eigenvalue weighted by molar-refractivity contribution is -0.126. The summed E-state index contributed by atoms with van der Waals surface area (Å²) in [7, 11) is 0. The maximum atomic E-state index is 12.2. The Morgan fingerprint density at radius 1 is 1.55 bits per heavy atom. The monoisotopic (exact) mass is 270 g/mol. The van der Waals surface area contributed by atoms with E-state index in [-0.39, 0.29) is 11.3 Å². The number of aromatic nitrogens is 2. The molecular weight excluding hydrogens is 252 g/mol. The Balaban J connectivity index is 1.70. The van der Waals surface area contributed by atoms with Gasteiger partial charge in [0.05, 0.1) is 24.2 Å². The van der Waals surface area contributed by atoms with E-state index in [1.165, 1.54) is 0 Å². The van der Waals surface area contributed by atoms with Gasteiger partial charge in [-0.2, -0.15) is 5.10 Å². The van der Waals surface area contributed by atoms with Crippen LogP contribution < -0.4 is 10.2 Å². The van der Waals surface area contributed by atoms with Crippen molar-refractivity contribution in [3.8, 4) is 0 Å². The molecule has 2 saturated heterocycles. The first kappa shape index (κ1) is 10.5. The number of carbonyl (C=O) groups excluding carboxylic acids is 1. The van der Waals surface area contributed by atoms with E-state index in [4.69, 9.17) is 1.37 Å². The van der Waals surface area contributed by atoms with Gasteiger partial charge < -0.3 is 10.2 Å². The average Bonchev–Trinajstić information content (AvgIpc) is 3.09. The zero-order chi connectivity index (χ0) is 14.6. The molecule has 1 unspecified atom stereocenters. The Morgan fingerprint density at radius 3 is 3.25 bits per heavy atom. The van der Waals surface area contributed by atoms with E-state index in [1.807, 2.05) is 6.20 Å². The molecule has 0 radical (unpaired) electrons. The zero-order valence-electron chi connectivity index (χ0n) is 12.1. The van der Waals surface area contributed by atoms with Crippen LogP contribution in [0, 0.1) is 5.41 Å². The molecule has 2 aliphatic rings. The molecule has 5 heteroatoms. The molecule has 2 aromatic rings. The first-order valence-corrected chi connectivity index (χ1v) is 6.76. The summed E-state index contributed by atoms with van der Waals surface area (Å²) in [6, 6.07) is 3.98. The summed E-state index contributed by atoms with van der Waals surface area (Å²) in [4.78, 5) is 14.4. The van der Waals surface area contributed by atoms with Gasteiger partial charge in [-0.3, -0.25) is 4.79 Å². The highest BCUT2D eigenvalue weighted by molar-refractivity contribution is 5.89. The Morgan fingerprint density at radius 2 is 2.45 bits per heavy atom. The summed E-state index contributed by atoms with van der Waals surface area (Å²) in [6.45, 7) is 5.39. The quantitative estimate of drug-likeness (QED) is 0.855. The highest BCUT2D eigenvalue weighted by Crippen LogP contribution is 2.42. The minimum Gasteiger partial charge on any atom is -0.367 e. The second-order valence-corrected chi connectivity index (χ2v) is 5.67. The van der Waals surface area contributed by atoms with Crippen molar-refractivity contribution in [3.63, 3.8) is 0 Å². The van der Waals surface area contributed by atoms with Crippen LogP contribution in [0.25, 0.3) is 5.52 Å². The molecule has 0 aromatic carbocycles. The maximum absolute atomic E-state index is 12.2. The lowest BCUT2D eigenvalue weighted by Gasteiger charge is -2.21. The van der Waals surface area contributed by atoms with Gasteiger partial charge in [0.15, 0.2) is 0 Å². The number of amides is 1. The lowest BCUT2D eigenvalue weighted by atomic mass is 9.85. The van der Waals surface area contributed by atoms with Crippen LogP contribution in [0.4, 0.5) is 5.69 Å². The molecule has 102 valence electrons. The summed E-state index contributed by atoms with van der Waals surface area (Å²) in [5.41, 5.74) is 2.38. The van der Waals surface area contributed by atoms with Gasteiger partial charge in [-0.05, 0) is 18.6 Å². The van der Waals surface area contributed by atoms with Gasteiger partial charge in [-0.1, -0.05) is 12.6 Å². The number of fused-ring (bicyclic) bond motifs is 1. The summed E-state index contributed by atoms with van der Waals surface area (Å²) in [6.07, 6.45) is 5.15. The normalized spacial score (nSPS) is 26.6. The van der Waals surface area contributed by atoms with E-state index in [0.717, 1.165) is 29.9 Å². The van der Waals surface area contributed by atoms with Crippen molar-refractivity contribution in [1.82, 2.24) is 14.9 Å². The zero-order valence-corrected chi connectivity index (χ0v) is 11.1. The second-order valence-electron chi connectivity index (χ2n) is 5.67. The van der Waals surface area contributed by atoms with Gasteiger partial charge in [-0.25, -0.2) is 4.52 Å². The van der Waals surface area contributed by atoms with E-state index < -0.39 is 0 Å². The van der Waals surface area contributed by atoms with Crippen LogP contribution in [0.5, 0.6) is 0 Å². The number of allylic oxidation sites excluding steroid dienone is 1. The Hall–Kier alpha value is -2.30. The Kier molecular flexibility index (Phi) is 2.02. The molecular formula is C15H16N4O. The van der Waals surface area contributed by atoms with Gasteiger partial charge in [0.25, 0.3) is 0 Å². The summed E-state index contributed by atoms with van der Waals surface area (Å²) in [5.74, 6) is 0.0904. The molecule has 1 amide bonds. The Bertz CT molecular complexity index is 768. The van der Waals surface area contributed by atoms with Crippen LogP contribution in [0.3, 0.4) is 0 Å². The predicted octanol–water partition coefficient (Wildman–Crippen LogP) is 1.56. The van der Waals surface area contributed by atoms with Gasteiger partial charge in [0.2, 0.25) is 5.91 Å². The third-order valence-corrected chi connectivity index (χ3v) is 4.36. The minimum absolute atomic E-state index is 0.0904. The molecule has 0 saturated carbocycles. The van der Waals surface area contributed by atoms with Crippen molar-refractivity contribution in [2.75, 3.05) is 18.0 Å². The molecule has 0 bridgehead atoms. The fourth-order valence-corrected chi connectivity index (χ4v) is 3.34. The molecule has 1 atom stereocenters. The van der Waals surface area contributed by atoms with Gasteiger partial charge >= 0.3 is 0 Å². The molecule has 5 nitrogen and oxygen atoms in total. The van der Waals surface area contributed by atoms with Crippen LogP contribution in [0.15, 0.2) is 42.8 Å². The van der Waals surface area contributed by atoms with E-state index >= 15 is 0 Å². The fraction of sp³-hybridized carbons (Fsp3) is 0.333. The van der Waals surface area contributed by atoms with Crippen molar-refractivity contribution in [2.24, 2.45) is 5.41 Å². The summed E-state index contributed by atoms with van der Waals surface area (Å²) < 4.78 is 9.54. The third-order valence-electron chi connectivity index (χ3n) is 4.36. The smallest absolute Gasteiger partial charge is 0.232 e. The Labute approximate surface area is 118 Å². The topological polar surface area (TPSA) is 49.6 Å². The van der Waals surface area contributed by atoms with Crippen LogP contribution in [0.1, 0.15) is 14.2 Å².